The quantitative estimate of drug-likeness (QED) is 0.425. The lowest BCUT2D eigenvalue weighted by Crippen LogP contribution is -2.62. The Balaban J connectivity index is 1.47. The lowest BCUT2D eigenvalue weighted by molar-refractivity contribution is -0.358. The Bertz CT molecular complexity index is 677. The number of ether oxygens (including phenoxy) is 5. The largest absolute Gasteiger partial charge is 0.462 e. The van der Waals surface area contributed by atoms with Gasteiger partial charge in [0.2, 0.25) is 0 Å². The van der Waals surface area contributed by atoms with Gasteiger partial charge in [-0.05, 0) is 18.6 Å². The third-order valence-corrected chi connectivity index (χ3v) is 5.72. The van der Waals surface area contributed by atoms with Gasteiger partial charge in [0.15, 0.2) is 12.6 Å². The van der Waals surface area contributed by atoms with Gasteiger partial charge in [-0.1, -0.05) is 51.2 Å². The van der Waals surface area contributed by atoms with Gasteiger partial charge in [-0.3, -0.25) is 0 Å². The minimum absolute atomic E-state index is 0.182. The molecule has 0 spiro atoms. The maximum Gasteiger partial charge on any atom is 0.338 e. The van der Waals surface area contributed by atoms with Crippen LogP contribution < -0.4 is 0 Å². The number of esters is 1. The van der Waals surface area contributed by atoms with Crippen LogP contribution in [0.5, 0.6) is 0 Å². The summed E-state index contributed by atoms with van der Waals surface area (Å²) < 4.78 is 27.5. The number of benzene rings is 1. The lowest BCUT2D eigenvalue weighted by atomic mass is 9.98. The van der Waals surface area contributed by atoms with Gasteiger partial charge in [-0.25, -0.2) is 4.79 Å². The van der Waals surface area contributed by atoms with Gasteiger partial charge in [-0.15, -0.1) is 0 Å². The Kier molecular flexibility index (Phi) is 9.25. The Morgan fingerprint density at radius 1 is 1.03 bits per heavy atom. The Labute approximate surface area is 183 Å². The Hall–Kier alpha value is -1.55. The molecule has 0 aromatic heterocycles. The van der Waals surface area contributed by atoms with Gasteiger partial charge < -0.3 is 33.9 Å². The number of hydrogen-bond donors (Lipinski definition) is 2. The van der Waals surface area contributed by atoms with Crippen LogP contribution in [0.4, 0.5) is 0 Å². The molecule has 1 aromatic rings. The van der Waals surface area contributed by atoms with E-state index in [0.29, 0.717) is 17.7 Å². The van der Waals surface area contributed by atoms with Crippen molar-refractivity contribution in [2.75, 3.05) is 20.3 Å². The number of carbonyl (C=O) groups excluding carboxylic acids is 1. The number of unbranched alkanes of at least 4 members (excludes halogenated alkanes) is 5. The van der Waals surface area contributed by atoms with E-state index in [9.17, 15) is 15.0 Å². The monoisotopic (exact) mass is 438 g/mol. The average Bonchev–Trinajstić information content (AvgIpc) is 2.80. The highest BCUT2D eigenvalue weighted by atomic mass is 16.7. The number of carbonyl (C=O) groups is 1. The molecule has 2 fully saturated rings. The molecule has 8 nitrogen and oxygen atoms in total. The molecule has 1 unspecified atom stereocenters. The summed E-state index contributed by atoms with van der Waals surface area (Å²) in [5, 5.41) is 20.5. The van der Waals surface area contributed by atoms with Gasteiger partial charge in [0.1, 0.15) is 24.4 Å². The number of rotatable bonds is 10. The van der Waals surface area contributed by atoms with Crippen molar-refractivity contribution in [2.45, 2.75) is 82.4 Å². The normalized spacial score (nSPS) is 30.6. The van der Waals surface area contributed by atoms with Crippen LogP contribution in [0.25, 0.3) is 0 Å². The van der Waals surface area contributed by atoms with E-state index in [-0.39, 0.29) is 12.6 Å². The zero-order valence-electron chi connectivity index (χ0n) is 18.3. The molecule has 2 saturated heterocycles. The summed E-state index contributed by atoms with van der Waals surface area (Å²) in [6.45, 7) is 2.79. The van der Waals surface area contributed by atoms with Crippen LogP contribution in [-0.2, 0) is 23.7 Å². The molecule has 174 valence electrons. The SMILES string of the molecule is CCCCCCCCOC(=O)c1ccc(C2OC[C@H]3O[C@H](OC)[C@H](O)[C@@H](O)[C@@H]3O2)cc1. The molecule has 0 aliphatic carbocycles. The minimum Gasteiger partial charge on any atom is -0.462 e. The first kappa shape index (κ1) is 24.1. The van der Waals surface area contributed by atoms with Crippen LogP contribution in [0.15, 0.2) is 24.3 Å². The molecule has 1 aromatic carbocycles. The third kappa shape index (κ3) is 6.25. The van der Waals surface area contributed by atoms with Crippen molar-refractivity contribution in [3.8, 4) is 0 Å². The first-order chi connectivity index (χ1) is 15.0. The van der Waals surface area contributed by atoms with Crippen LogP contribution in [0.1, 0.15) is 67.7 Å². The van der Waals surface area contributed by atoms with Crippen LogP contribution in [0.2, 0.25) is 0 Å². The van der Waals surface area contributed by atoms with E-state index in [2.05, 4.69) is 6.92 Å². The molecule has 2 N–H and O–H groups in total. The van der Waals surface area contributed by atoms with Crippen LogP contribution in [0, 0.1) is 0 Å². The second-order valence-electron chi connectivity index (χ2n) is 8.05. The van der Waals surface area contributed by atoms with Crippen molar-refractivity contribution in [3.63, 3.8) is 0 Å². The highest BCUT2D eigenvalue weighted by Crippen LogP contribution is 2.34. The van der Waals surface area contributed by atoms with E-state index >= 15 is 0 Å². The smallest absolute Gasteiger partial charge is 0.338 e. The molecule has 0 radical (unpaired) electrons. The molecular weight excluding hydrogens is 404 g/mol. The molecule has 2 aliphatic heterocycles. The molecular formula is C23H34O8. The molecule has 3 rings (SSSR count). The summed E-state index contributed by atoms with van der Waals surface area (Å²) in [4.78, 5) is 12.2. The Morgan fingerprint density at radius 3 is 2.45 bits per heavy atom. The molecule has 0 amide bonds. The summed E-state index contributed by atoms with van der Waals surface area (Å²) >= 11 is 0. The maximum absolute atomic E-state index is 12.2. The van der Waals surface area contributed by atoms with E-state index in [1.54, 1.807) is 24.3 Å². The highest BCUT2D eigenvalue weighted by molar-refractivity contribution is 5.89. The fourth-order valence-electron chi connectivity index (χ4n) is 3.85. The molecule has 8 heteroatoms. The van der Waals surface area contributed by atoms with Crippen molar-refractivity contribution < 1.29 is 38.7 Å². The molecule has 2 aliphatic rings. The van der Waals surface area contributed by atoms with Crippen LogP contribution >= 0.6 is 0 Å². The summed E-state index contributed by atoms with van der Waals surface area (Å²) in [7, 11) is 1.40. The van der Waals surface area contributed by atoms with Crippen molar-refractivity contribution in [3.05, 3.63) is 35.4 Å². The zero-order valence-corrected chi connectivity index (χ0v) is 18.3. The van der Waals surface area contributed by atoms with Crippen molar-refractivity contribution in [1.82, 2.24) is 0 Å². The number of methoxy groups -OCH3 is 1. The predicted octanol–water partition coefficient (Wildman–Crippen LogP) is 2.71. The molecule has 6 atom stereocenters. The molecule has 0 bridgehead atoms. The van der Waals surface area contributed by atoms with Gasteiger partial charge in [0.25, 0.3) is 0 Å². The van der Waals surface area contributed by atoms with Crippen molar-refractivity contribution in [2.24, 2.45) is 0 Å². The summed E-state index contributed by atoms with van der Waals surface area (Å²) in [6, 6.07) is 6.80. The lowest BCUT2D eigenvalue weighted by Gasteiger charge is -2.45. The number of fused-ring (bicyclic) bond motifs is 1. The fraction of sp³-hybridized carbons (Fsp3) is 0.696. The molecule has 2 heterocycles. The van der Waals surface area contributed by atoms with Crippen LogP contribution in [-0.4, -0.2) is 67.2 Å². The third-order valence-electron chi connectivity index (χ3n) is 5.72. The van der Waals surface area contributed by atoms with E-state index in [1.165, 1.54) is 32.8 Å². The van der Waals surface area contributed by atoms with Gasteiger partial charge >= 0.3 is 5.97 Å². The average molecular weight is 439 g/mol. The van der Waals surface area contributed by atoms with E-state index in [0.717, 1.165) is 12.8 Å². The zero-order chi connectivity index (χ0) is 22.2. The second kappa shape index (κ2) is 11.9. The van der Waals surface area contributed by atoms with Crippen molar-refractivity contribution >= 4 is 5.97 Å². The Morgan fingerprint density at radius 2 is 1.74 bits per heavy atom. The number of aliphatic hydroxyl groups excluding tert-OH is 2. The first-order valence-electron chi connectivity index (χ1n) is 11.1. The van der Waals surface area contributed by atoms with Crippen LogP contribution in [0.3, 0.4) is 0 Å². The van der Waals surface area contributed by atoms with E-state index < -0.39 is 37.0 Å². The first-order valence-corrected chi connectivity index (χ1v) is 11.1. The van der Waals surface area contributed by atoms with Gasteiger partial charge in [-0.2, -0.15) is 0 Å². The van der Waals surface area contributed by atoms with Gasteiger partial charge in [0.05, 0.1) is 18.8 Å². The minimum atomic E-state index is -1.21. The van der Waals surface area contributed by atoms with Crippen molar-refractivity contribution in [1.29, 1.82) is 0 Å². The maximum atomic E-state index is 12.2. The fourth-order valence-corrected chi connectivity index (χ4v) is 3.85. The van der Waals surface area contributed by atoms with E-state index in [1.807, 2.05) is 0 Å². The summed E-state index contributed by atoms with van der Waals surface area (Å²) in [5.41, 5.74) is 1.16. The van der Waals surface area contributed by atoms with E-state index in [4.69, 9.17) is 23.7 Å². The summed E-state index contributed by atoms with van der Waals surface area (Å²) in [5.74, 6) is -0.351. The standard InChI is InChI=1S/C23H34O8/c1-3-4-5-6-7-8-13-28-21(26)15-9-11-16(12-10-15)22-29-14-17-20(31-22)18(24)19(25)23(27-2)30-17/h9-12,17-20,22-25H,3-8,13-14H2,1-2H3/t17-,18-,19-,20-,22?,23+/m1/s1. The molecule has 0 saturated carbocycles. The summed E-state index contributed by atoms with van der Waals surface area (Å²) in [6.07, 6.45) is 1.48. The number of aliphatic hydroxyl groups is 2. The number of hydrogen-bond acceptors (Lipinski definition) is 8. The predicted molar refractivity (Wildman–Crippen MR) is 111 cm³/mol. The molecule has 31 heavy (non-hydrogen) atoms. The second-order valence-corrected chi connectivity index (χ2v) is 8.05. The van der Waals surface area contributed by atoms with Gasteiger partial charge in [0, 0.05) is 12.7 Å². The highest BCUT2D eigenvalue weighted by Gasteiger charge is 2.49. The topological polar surface area (TPSA) is 104 Å².